The molecule has 2 N–H and O–H groups in total. The topological polar surface area (TPSA) is 103 Å². The molecule has 1 unspecified atom stereocenters. The van der Waals surface area contributed by atoms with Gasteiger partial charge in [0.25, 0.3) is 5.91 Å². The molecule has 0 radical (unpaired) electrons. The summed E-state index contributed by atoms with van der Waals surface area (Å²) in [5, 5.41) is 9.02. The van der Waals surface area contributed by atoms with E-state index >= 15 is 0 Å². The van der Waals surface area contributed by atoms with Crippen LogP contribution in [0.4, 0.5) is 11.5 Å². The number of amides is 2. The first-order valence-electron chi connectivity index (χ1n) is 11.1. The van der Waals surface area contributed by atoms with Crippen molar-refractivity contribution in [2.75, 3.05) is 24.9 Å². The van der Waals surface area contributed by atoms with E-state index in [0.29, 0.717) is 34.3 Å². The molecule has 2 amide bonds. The zero-order valence-electron chi connectivity index (χ0n) is 20.0. The van der Waals surface area contributed by atoms with Crippen LogP contribution < -0.4 is 20.1 Å². The maximum absolute atomic E-state index is 13.2. The first kappa shape index (κ1) is 24.9. The van der Waals surface area contributed by atoms with E-state index in [1.165, 1.54) is 26.0 Å². The van der Waals surface area contributed by atoms with Crippen LogP contribution in [0.25, 0.3) is 0 Å². The first-order valence-corrected chi connectivity index (χ1v) is 11.9. The highest BCUT2D eigenvalue weighted by molar-refractivity contribution is 8.00. The number of carbonyl (C=O) groups is 2. The van der Waals surface area contributed by atoms with E-state index < -0.39 is 5.25 Å². The average Bonchev–Trinajstić information content (AvgIpc) is 3.31. The molecule has 0 fully saturated rings. The van der Waals surface area contributed by atoms with Gasteiger partial charge in [-0.05, 0) is 48.9 Å². The number of carbonyl (C=O) groups excluding carboxylic acids is 2. The first-order chi connectivity index (χ1) is 17.5. The third-order valence-corrected chi connectivity index (χ3v) is 6.46. The van der Waals surface area contributed by atoms with Crippen molar-refractivity contribution >= 4 is 35.1 Å². The van der Waals surface area contributed by atoms with Crippen LogP contribution >= 0.6 is 11.8 Å². The fraction of sp³-hybridized carbons (Fsp3) is 0.148. The SMILES string of the molecule is COc1ccc(C(=O)Nc2cccc(SC(C(=O)Nc3cc(C)on3)c3ccccc3)c2)cc1OC. The number of benzene rings is 3. The fourth-order valence-corrected chi connectivity index (χ4v) is 4.57. The number of anilines is 2. The molecule has 0 aliphatic carbocycles. The van der Waals surface area contributed by atoms with E-state index in [0.717, 1.165) is 10.5 Å². The van der Waals surface area contributed by atoms with Crippen LogP contribution in [0, 0.1) is 6.92 Å². The van der Waals surface area contributed by atoms with Gasteiger partial charge in [0.05, 0.1) is 14.2 Å². The van der Waals surface area contributed by atoms with Crippen LogP contribution in [0.15, 0.2) is 88.3 Å². The number of thioether (sulfide) groups is 1. The Kier molecular flexibility index (Phi) is 7.92. The molecular weight excluding hydrogens is 478 g/mol. The van der Waals surface area contributed by atoms with E-state index in [1.807, 2.05) is 48.5 Å². The average molecular weight is 504 g/mol. The number of methoxy groups -OCH3 is 2. The largest absolute Gasteiger partial charge is 0.493 e. The Morgan fingerprint density at radius 3 is 2.36 bits per heavy atom. The number of aryl methyl sites for hydroxylation is 1. The minimum Gasteiger partial charge on any atom is -0.493 e. The summed E-state index contributed by atoms with van der Waals surface area (Å²) in [5.74, 6) is 1.44. The lowest BCUT2D eigenvalue weighted by Crippen LogP contribution is -2.19. The van der Waals surface area contributed by atoms with Crippen LogP contribution in [-0.4, -0.2) is 31.2 Å². The Morgan fingerprint density at radius 2 is 1.67 bits per heavy atom. The summed E-state index contributed by atoms with van der Waals surface area (Å²) in [7, 11) is 3.06. The molecule has 4 aromatic rings. The summed E-state index contributed by atoms with van der Waals surface area (Å²) in [4.78, 5) is 26.8. The van der Waals surface area contributed by atoms with Gasteiger partial charge in [0, 0.05) is 22.2 Å². The van der Waals surface area contributed by atoms with Gasteiger partial charge in [0.15, 0.2) is 17.3 Å². The summed E-state index contributed by atoms with van der Waals surface area (Å²) < 4.78 is 15.6. The van der Waals surface area contributed by atoms with Gasteiger partial charge in [-0.25, -0.2) is 0 Å². The van der Waals surface area contributed by atoms with Crippen LogP contribution in [0.2, 0.25) is 0 Å². The van der Waals surface area contributed by atoms with Crippen molar-refractivity contribution in [1.29, 1.82) is 0 Å². The molecule has 9 heteroatoms. The van der Waals surface area contributed by atoms with E-state index in [-0.39, 0.29) is 11.8 Å². The molecule has 0 saturated heterocycles. The molecule has 0 spiro atoms. The maximum Gasteiger partial charge on any atom is 0.255 e. The number of ether oxygens (including phenoxy) is 2. The molecule has 4 rings (SSSR count). The summed E-state index contributed by atoms with van der Waals surface area (Å²) in [6, 6.07) is 23.4. The Hall–Kier alpha value is -4.24. The second-order valence-corrected chi connectivity index (χ2v) is 8.95. The summed E-state index contributed by atoms with van der Waals surface area (Å²) in [5.41, 5.74) is 1.86. The van der Waals surface area contributed by atoms with Crippen molar-refractivity contribution < 1.29 is 23.6 Å². The number of aromatic nitrogens is 1. The molecular formula is C27H25N3O5S. The monoisotopic (exact) mass is 503 g/mol. The quantitative estimate of drug-likeness (QED) is 0.281. The second kappa shape index (κ2) is 11.5. The molecule has 1 atom stereocenters. The molecule has 0 aliphatic rings. The van der Waals surface area contributed by atoms with Crippen molar-refractivity contribution in [2.24, 2.45) is 0 Å². The predicted molar refractivity (Wildman–Crippen MR) is 139 cm³/mol. The van der Waals surface area contributed by atoms with E-state index in [9.17, 15) is 9.59 Å². The minimum atomic E-state index is -0.556. The molecule has 0 bridgehead atoms. The third-order valence-electron chi connectivity index (χ3n) is 5.21. The van der Waals surface area contributed by atoms with Gasteiger partial charge in [-0.15, -0.1) is 11.8 Å². The van der Waals surface area contributed by atoms with Crippen molar-refractivity contribution in [3.8, 4) is 11.5 Å². The number of hydrogen-bond acceptors (Lipinski definition) is 7. The molecule has 184 valence electrons. The van der Waals surface area contributed by atoms with Crippen LogP contribution in [0.1, 0.15) is 26.9 Å². The van der Waals surface area contributed by atoms with Gasteiger partial charge >= 0.3 is 0 Å². The summed E-state index contributed by atoms with van der Waals surface area (Å²) in [6.45, 7) is 1.76. The fourth-order valence-electron chi connectivity index (χ4n) is 3.48. The Bertz CT molecular complexity index is 1360. The highest BCUT2D eigenvalue weighted by Gasteiger charge is 2.23. The van der Waals surface area contributed by atoms with E-state index in [4.69, 9.17) is 14.0 Å². The predicted octanol–water partition coefficient (Wildman–Crippen LogP) is 5.72. The van der Waals surface area contributed by atoms with E-state index in [1.54, 1.807) is 37.3 Å². The molecule has 1 heterocycles. The number of nitrogens with one attached hydrogen (secondary N) is 2. The molecule has 36 heavy (non-hydrogen) atoms. The summed E-state index contributed by atoms with van der Waals surface area (Å²) >= 11 is 1.37. The Balaban J connectivity index is 1.52. The zero-order chi connectivity index (χ0) is 25.5. The van der Waals surface area contributed by atoms with Gasteiger partial charge in [0.1, 0.15) is 11.0 Å². The summed E-state index contributed by atoms with van der Waals surface area (Å²) in [6.07, 6.45) is 0. The molecule has 1 aromatic heterocycles. The lowest BCUT2D eigenvalue weighted by atomic mass is 10.1. The van der Waals surface area contributed by atoms with Crippen molar-refractivity contribution in [2.45, 2.75) is 17.1 Å². The van der Waals surface area contributed by atoms with Crippen molar-refractivity contribution in [3.63, 3.8) is 0 Å². The maximum atomic E-state index is 13.2. The smallest absolute Gasteiger partial charge is 0.255 e. The molecule has 0 aliphatic heterocycles. The zero-order valence-corrected chi connectivity index (χ0v) is 20.8. The lowest BCUT2D eigenvalue weighted by molar-refractivity contribution is -0.115. The third kappa shape index (κ3) is 6.05. The van der Waals surface area contributed by atoms with Gasteiger partial charge in [-0.2, -0.15) is 0 Å². The number of nitrogens with zero attached hydrogens (tertiary/aromatic N) is 1. The van der Waals surface area contributed by atoms with Crippen molar-refractivity contribution in [3.05, 3.63) is 95.7 Å². The molecule has 0 saturated carbocycles. The van der Waals surface area contributed by atoms with E-state index in [2.05, 4.69) is 15.8 Å². The van der Waals surface area contributed by atoms with Gasteiger partial charge in [-0.1, -0.05) is 41.6 Å². The van der Waals surface area contributed by atoms with Gasteiger partial charge < -0.3 is 24.6 Å². The van der Waals surface area contributed by atoms with Crippen LogP contribution in [0.5, 0.6) is 11.5 Å². The van der Waals surface area contributed by atoms with Crippen LogP contribution in [-0.2, 0) is 4.79 Å². The van der Waals surface area contributed by atoms with Crippen molar-refractivity contribution in [1.82, 2.24) is 5.16 Å². The lowest BCUT2D eigenvalue weighted by Gasteiger charge is -2.17. The number of hydrogen-bond donors (Lipinski definition) is 2. The normalized spacial score (nSPS) is 11.4. The molecule has 3 aromatic carbocycles. The standard InChI is InChI=1S/C27H25N3O5S/c1-17-14-24(30-35-17)29-27(32)25(18-8-5-4-6-9-18)36-21-11-7-10-20(16-21)28-26(31)19-12-13-22(33-2)23(15-19)34-3/h4-16,25H,1-3H3,(H,28,31)(H,29,30,32). The Morgan fingerprint density at radius 1 is 0.889 bits per heavy atom. The number of rotatable bonds is 9. The van der Waals surface area contributed by atoms with Crippen LogP contribution in [0.3, 0.4) is 0 Å². The second-order valence-electron chi connectivity index (χ2n) is 7.77. The van der Waals surface area contributed by atoms with Gasteiger partial charge in [-0.3, -0.25) is 9.59 Å². The molecule has 8 nitrogen and oxygen atoms in total. The van der Waals surface area contributed by atoms with Gasteiger partial charge in [0.2, 0.25) is 5.91 Å². The highest BCUT2D eigenvalue weighted by Crippen LogP contribution is 2.37. The Labute approximate surface area is 213 Å². The minimum absolute atomic E-state index is 0.237. The highest BCUT2D eigenvalue weighted by atomic mass is 32.2.